The van der Waals surface area contributed by atoms with Gasteiger partial charge in [-0.2, -0.15) is 0 Å². The van der Waals surface area contributed by atoms with Crippen molar-refractivity contribution in [3.8, 4) is 0 Å². The molecule has 4 nitrogen and oxygen atoms in total. The standard InChI is InChI=1S/C7H18BNO3/c1-2-9-3-6(4-10)12-7(8)5-11/h6-7,9-11H,2-5,8H2,1H3/t6-,7+/m0/s1. The lowest BCUT2D eigenvalue weighted by atomic mass is 10.0. The summed E-state index contributed by atoms with van der Waals surface area (Å²) in [4.78, 5) is 0. The molecule has 0 unspecified atom stereocenters. The molecular formula is C7H18BNO3. The van der Waals surface area contributed by atoms with Crippen LogP contribution in [0.2, 0.25) is 0 Å². The smallest absolute Gasteiger partial charge is 0.142 e. The Morgan fingerprint density at radius 2 is 2.08 bits per heavy atom. The van der Waals surface area contributed by atoms with E-state index in [9.17, 15) is 0 Å². The Hall–Kier alpha value is -0.0951. The maximum atomic E-state index is 8.85. The van der Waals surface area contributed by atoms with Crippen LogP contribution in [0.5, 0.6) is 0 Å². The fourth-order valence-electron chi connectivity index (χ4n) is 0.833. The van der Waals surface area contributed by atoms with Crippen molar-refractivity contribution < 1.29 is 14.9 Å². The molecule has 0 fully saturated rings. The van der Waals surface area contributed by atoms with Crippen molar-refractivity contribution in [2.24, 2.45) is 0 Å². The maximum absolute atomic E-state index is 8.85. The van der Waals surface area contributed by atoms with Gasteiger partial charge in [0.2, 0.25) is 0 Å². The fraction of sp³-hybridized carbons (Fsp3) is 1.00. The van der Waals surface area contributed by atoms with Crippen LogP contribution in [0, 0.1) is 0 Å². The second kappa shape index (κ2) is 7.55. The van der Waals surface area contributed by atoms with Crippen molar-refractivity contribution in [2.75, 3.05) is 26.3 Å². The Bertz CT molecular complexity index is 105. The maximum Gasteiger partial charge on any atom is 0.142 e. The molecule has 0 aliphatic rings. The summed E-state index contributed by atoms with van der Waals surface area (Å²) in [7, 11) is 1.77. The molecule has 0 amide bonds. The van der Waals surface area contributed by atoms with E-state index in [0.29, 0.717) is 6.54 Å². The molecule has 2 atom stereocenters. The molecule has 0 saturated carbocycles. The summed E-state index contributed by atoms with van der Waals surface area (Å²) in [5.41, 5.74) is 0. The molecule has 0 radical (unpaired) electrons. The zero-order valence-corrected chi connectivity index (χ0v) is 7.79. The molecule has 0 spiro atoms. The molecule has 0 aromatic rings. The summed E-state index contributed by atoms with van der Waals surface area (Å²) in [6.45, 7) is 3.44. The minimum Gasteiger partial charge on any atom is -0.394 e. The second-order valence-corrected chi connectivity index (χ2v) is 2.74. The van der Waals surface area contributed by atoms with Crippen LogP contribution in [-0.4, -0.2) is 56.5 Å². The van der Waals surface area contributed by atoms with Crippen LogP contribution in [0.25, 0.3) is 0 Å². The van der Waals surface area contributed by atoms with Gasteiger partial charge in [-0.25, -0.2) is 0 Å². The fourth-order valence-corrected chi connectivity index (χ4v) is 0.833. The Morgan fingerprint density at radius 3 is 2.50 bits per heavy atom. The molecule has 12 heavy (non-hydrogen) atoms. The predicted molar refractivity (Wildman–Crippen MR) is 49.9 cm³/mol. The van der Waals surface area contributed by atoms with Crippen molar-refractivity contribution in [3.63, 3.8) is 0 Å². The van der Waals surface area contributed by atoms with E-state index >= 15 is 0 Å². The lowest BCUT2D eigenvalue weighted by molar-refractivity contribution is -0.0225. The number of likely N-dealkylation sites (N-methyl/N-ethyl adjacent to an activating group) is 1. The second-order valence-electron chi connectivity index (χ2n) is 2.74. The quantitative estimate of drug-likeness (QED) is 0.389. The summed E-state index contributed by atoms with van der Waals surface area (Å²) in [5.74, 6) is 0. The first kappa shape index (κ1) is 11.9. The van der Waals surface area contributed by atoms with Gasteiger partial charge in [-0.05, 0) is 6.54 Å². The molecule has 0 rings (SSSR count). The van der Waals surface area contributed by atoms with Gasteiger partial charge in [-0.15, -0.1) is 0 Å². The van der Waals surface area contributed by atoms with Crippen LogP contribution in [0.1, 0.15) is 6.92 Å². The first-order chi connectivity index (χ1) is 5.74. The van der Waals surface area contributed by atoms with Crippen LogP contribution in [-0.2, 0) is 4.74 Å². The van der Waals surface area contributed by atoms with E-state index in [1.807, 2.05) is 6.92 Å². The molecule has 72 valence electrons. The van der Waals surface area contributed by atoms with Crippen LogP contribution in [0.15, 0.2) is 0 Å². The summed E-state index contributed by atoms with van der Waals surface area (Å²) < 4.78 is 5.29. The van der Waals surface area contributed by atoms with Crippen LogP contribution >= 0.6 is 0 Å². The van der Waals surface area contributed by atoms with Crippen LogP contribution in [0.3, 0.4) is 0 Å². The first-order valence-corrected chi connectivity index (χ1v) is 4.32. The van der Waals surface area contributed by atoms with Crippen molar-refractivity contribution in [3.05, 3.63) is 0 Å². The van der Waals surface area contributed by atoms with Gasteiger partial charge in [0, 0.05) is 12.5 Å². The number of aliphatic hydroxyl groups is 2. The van der Waals surface area contributed by atoms with Gasteiger partial charge in [0.05, 0.1) is 19.3 Å². The SMILES string of the molecule is B[C@@H](CO)O[C@H](CO)CNCC. The molecule has 0 heterocycles. The zero-order valence-electron chi connectivity index (χ0n) is 7.79. The molecule has 0 bridgehead atoms. The highest BCUT2D eigenvalue weighted by atomic mass is 16.5. The van der Waals surface area contributed by atoms with Crippen molar-refractivity contribution >= 4 is 7.85 Å². The van der Waals surface area contributed by atoms with Gasteiger partial charge >= 0.3 is 0 Å². The molecule has 0 aromatic heterocycles. The van der Waals surface area contributed by atoms with Crippen LogP contribution < -0.4 is 5.32 Å². The third-order valence-electron chi connectivity index (χ3n) is 1.51. The van der Waals surface area contributed by atoms with E-state index in [-0.39, 0.29) is 25.3 Å². The number of rotatable bonds is 7. The monoisotopic (exact) mass is 175 g/mol. The molecule has 0 aromatic carbocycles. The van der Waals surface area contributed by atoms with Gasteiger partial charge in [-0.1, -0.05) is 6.92 Å². The Kier molecular flexibility index (Phi) is 7.49. The van der Waals surface area contributed by atoms with E-state index < -0.39 is 0 Å². The Balaban J connectivity index is 3.51. The summed E-state index contributed by atoms with van der Waals surface area (Å²) in [6.07, 6.45) is -0.216. The lowest BCUT2D eigenvalue weighted by Gasteiger charge is -2.19. The van der Waals surface area contributed by atoms with Crippen molar-refractivity contribution in [1.29, 1.82) is 0 Å². The average molecular weight is 175 g/mol. The van der Waals surface area contributed by atoms with Gasteiger partial charge in [0.25, 0.3) is 0 Å². The molecule has 5 heteroatoms. The topological polar surface area (TPSA) is 61.7 Å². The summed E-state index contributed by atoms with van der Waals surface area (Å²) in [6, 6.07) is -0.208. The van der Waals surface area contributed by atoms with E-state index in [4.69, 9.17) is 14.9 Å². The minimum atomic E-state index is -0.216. The number of aliphatic hydroxyl groups excluding tert-OH is 2. The van der Waals surface area contributed by atoms with Gasteiger partial charge in [0.1, 0.15) is 7.85 Å². The highest BCUT2D eigenvalue weighted by molar-refractivity contribution is 6.11. The van der Waals surface area contributed by atoms with Gasteiger partial charge < -0.3 is 20.3 Å². The lowest BCUT2D eigenvalue weighted by Crippen LogP contribution is -2.36. The molecule has 0 aliphatic heterocycles. The highest BCUT2D eigenvalue weighted by Crippen LogP contribution is 1.93. The first-order valence-electron chi connectivity index (χ1n) is 4.32. The van der Waals surface area contributed by atoms with Crippen molar-refractivity contribution in [2.45, 2.75) is 19.0 Å². The molecule has 0 saturated heterocycles. The summed E-state index contributed by atoms with van der Waals surface area (Å²) in [5, 5.41) is 20.6. The van der Waals surface area contributed by atoms with Crippen molar-refractivity contribution in [1.82, 2.24) is 5.32 Å². The van der Waals surface area contributed by atoms with E-state index in [1.165, 1.54) is 0 Å². The van der Waals surface area contributed by atoms with E-state index in [2.05, 4.69) is 5.32 Å². The van der Waals surface area contributed by atoms with Crippen LogP contribution in [0.4, 0.5) is 0 Å². The Labute approximate surface area is 74.3 Å². The number of nitrogens with one attached hydrogen (secondary N) is 1. The number of hydrogen-bond donors (Lipinski definition) is 3. The van der Waals surface area contributed by atoms with Gasteiger partial charge in [-0.3, -0.25) is 0 Å². The third-order valence-corrected chi connectivity index (χ3v) is 1.51. The minimum absolute atomic E-state index is 0.0113. The van der Waals surface area contributed by atoms with E-state index in [0.717, 1.165) is 6.54 Å². The normalized spacial score (nSPS) is 15.9. The third kappa shape index (κ3) is 5.54. The summed E-state index contributed by atoms with van der Waals surface area (Å²) >= 11 is 0. The predicted octanol–water partition coefficient (Wildman–Crippen LogP) is -2.08. The van der Waals surface area contributed by atoms with E-state index in [1.54, 1.807) is 7.85 Å². The molecular weight excluding hydrogens is 157 g/mol. The number of hydrogen-bond acceptors (Lipinski definition) is 4. The largest absolute Gasteiger partial charge is 0.394 e. The zero-order chi connectivity index (χ0) is 9.40. The molecule has 3 N–H and O–H groups in total. The average Bonchev–Trinajstić information content (AvgIpc) is 2.11. The van der Waals surface area contributed by atoms with Gasteiger partial charge in [0.15, 0.2) is 0 Å². The highest BCUT2D eigenvalue weighted by Gasteiger charge is 2.10. The molecule has 0 aliphatic carbocycles. The Morgan fingerprint density at radius 1 is 1.42 bits per heavy atom. The number of ether oxygens (including phenoxy) is 1.